The van der Waals surface area contributed by atoms with Crippen molar-refractivity contribution in [2.45, 2.75) is 53.1 Å². The van der Waals surface area contributed by atoms with Gasteiger partial charge in [-0.1, -0.05) is 26.7 Å². The van der Waals surface area contributed by atoms with E-state index in [1.807, 2.05) is 20.8 Å². The maximum absolute atomic E-state index is 11.2. The van der Waals surface area contributed by atoms with E-state index in [1.54, 1.807) is 0 Å². The van der Waals surface area contributed by atoms with Crippen molar-refractivity contribution in [1.29, 1.82) is 0 Å². The molecule has 2 heteroatoms. The van der Waals surface area contributed by atoms with Crippen molar-refractivity contribution in [3.8, 4) is 0 Å². The van der Waals surface area contributed by atoms with Crippen LogP contribution in [0, 0.1) is 5.92 Å². The number of unbranched alkanes of at least 4 members (excludes halogenated alkanes) is 1. The second-order valence-electron chi connectivity index (χ2n) is 3.53. The molecule has 0 aromatic rings. The summed E-state index contributed by atoms with van der Waals surface area (Å²) in [6.45, 7) is 7.82. The van der Waals surface area contributed by atoms with Gasteiger partial charge in [-0.2, -0.15) is 0 Å². The third kappa shape index (κ3) is 5.16. The molecule has 0 aliphatic carbocycles. The van der Waals surface area contributed by atoms with E-state index < -0.39 is 0 Å². The van der Waals surface area contributed by atoms with E-state index in [0.29, 0.717) is 0 Å². The zero-order chi connectivity index (χ0) is 9.56. The van der Waals surface area contributed by atoms with E-state index in [1.165, 1.54) is 0 Å². The summed E-state index contributed by atoms with van der Waals surface area (Å²) < 4.78 is 5.07. The van der Waals surface area contributed by atoms with Crippen LogP contribution in [0.4, 0.5) is 0 Å². The van der Waals surface area contributed by atoms with Gasteiger partial charge in [0.25, 0.3) is 0 Å². The van der Waals surface area contributed by atoms with Gasteiger partial charge in [0, 0.05) is 0 Å². The molecule has 1 atom stereocenters. The van der Waals surface area contributed by atoms with E-state index in [2.05, 4.69) is 6.92 Å². The van der Waals surface area contributed by atoms with Crippen LogP contribution in [-0.2, 0) is 9.53 Å². The Morgan fingerprint density at radius 2 is 1.92 bits per heavy atom. The van der Waals surface area contributed by atoms with Crippen LogP contribution in [-0.4, -0.2) is 12.1 Å². The van der Waals surface area contributed by atoms with E-state index in [9.17, 15) is 4.79 Å². The number of hydrogen-bond donors (Lipinski definition) is 0. The zero-order valence-corrected chi connectivity index (χ0v) is 8.59. The largest absolute Gasteiger partial charge is 0.463 e. The molecule has 0 aliphatic heterocycles. The molecule has 2 nitrogen and oxygen atoms in total. The van der Waals surface area contributed by atoms with Gasteiger partial charge in [0.05, 0.1) is 12.0 Å². The van der Waals surface area contributed by atoms with Crippen molar-refractivity contribution in [2.24, 2.45) is 5.92 Å². The monoisotopic (exact) mass is 172 g/mol. The average molecular weight is 172 g/mol. The van der Waals surface area contributed by atoms with Crippen molar-refractivity contribution >= 4 is 5.97 Å². The van der Waals surface area contributed by atoms with Crippen LogP contribution >= 0.6 is 0 Å². The fourth-order valence-electron chi connectivity index (χ4n) is 0.977. The molecule has 0 amide bonds. The Morgan fingerprint density at radius 3 is 2.33 bits per heavy atom. The van der Waals surface area contributed by atoms with Gasteiger partial charge in [-0.15, -0.1) is 0 Å². The summed E-state index contributed by atoms with van der Waals surface area (Å²) in [4.78, 5) is 11.2. The molecule has 0 spiro atoms. The van der Waals surface area contributed by atoms with Gasteiger partial charge in [0.2, 0.25) is 0 Å². The molecule has 0 radical (unpaired) electrons. The minimum absolute atomic E-state index is 0.0153. The van der Waals surface area contributed by atoms with Crippen LogP contribution in [0.25, 0.3) is 0 Å². The van der Waals surface area contributed by atoms with Gasteiger partial charge < -0.3 is 4.74 Å². The molecular weight excluding hydrogens is 152 g/mol. The molecular formula is C10H20O2. The van der Waals surface area contributed by atoms with E-state index in [-0.39, 0.29) is 18.0 Å². The normalized spacial score (nSPS) is 13.1. The van der Waals surface area contributed by atoms with Crippen molar-refractivity contribution in [3.63, 3.8) is 0 Å². The molecule has 0 aliphatic rings. The Bertz CT molecular complexity index is 130. The SMILES string of the molecule is CCCC[C@H](C)C(=O)OC(C)C. The van der Waals surface area contributed by atoms with Crippen molar-refractivity contribution in [1.82, 2.24) is 0 Å². The summed E-state index contributed by atoms with van der Waals surface area (Å²) >= 11 is 0. The van der Waals surface area contributed by atoms with Gasteiger partial charge in [-0.05, 0) is 20.3 Å². The first-order valence-corrected chi connectivity index (χ1v) is 4.78. The Balaban J connectivity index is 3.61. The number of rotatable bonds is 5. The lowest BCUT2D eigenvalue weighted by Crippen LogP contribution is -2.18. The third-order valence-electron chi connectivity index (χ3n) is 1.74. The second-order valence-corrected chi connectivity index (χ2v) is 3.53. The van der Waals surface area contributed by atoms with Crippen molar-refractivity contribution < 1.29 is 9.53 Å². The quantitative estimate of drug-likeness (QED) is 0.596. The lowest BCUT2D eigenvalue weighted by Gasteiger charge is -2.12. The molecule has 0 fully saturated rings. The summed E-state index contributed by atoms with van der Waals surface area (Å²) in [7, 11) is 0. The first kappa shape index (κ1) is 11.5. The van der Waals surface area contributed by atoms with Crippen LogP contribution in [0.5, 0.6) is 0 Å². The predicted molar refractivity (Wildman–Crippen MR) is 49.9 cm³/mol. The smallest absolute Gasteiger partial charge is 0.308 e. The number of ether oxygens (including phenoxy) is 1. The van der Waals surface area contributed by atoms with Gasteiger partial charge >= 0.3 is 5.97 Å². The van der Waals surface area contributed by atoms with Crippen LogP contribution in [0.1, 0.15) is 47.0 Å². The van der Waals surface area contributed by atoms with E-state index >= 15 is 0 Å². The first-order valence-electron chi connectivity index (χ1n) is 4.78. The molecule has 0 rings (SSSR count). The maximum Gasteiger partial charge on any atom is 0.308 e. The highest BCUT2D eigenvalue weighted by atomic mass is 16.5. The van der Waals surface area contributed by atoms with E-state index in [4.69, 9.17) is 4.74 Å². The summed E-state index contributed by atoms with van der Waals surface area (Å²) in [6, 6.07) is 0. The van der Waals surface area contributed by atoms with Crippen LogP contribution in [0.3, 0.4) is 0 Å². The minimum atomic E-state index is -0.0570. The van der Waals surface area contributed by atoms with Crippen molar-refractivity contribution in [3.05, 3.63) is 0 Å². The summed E-state index contributed by atoms with van der Waals surface area (Å²) in [5.74, 6) is 0.00537. The first-order chi connectivity index (χ1) is 5.57. The van der Waals surface area contributed by atoms with Gasteiger partial charge in [0.1, 0.15) is 0 Å². The second kappa shape index (κ2) is 6.04. The van der Waals surface area contributed by atoms with Gasteiger partial charge in [0.15, 0.2) is 0 Å². The Labute approximate surface area is 75.3 Å². The molecule has 12 heavy (non-hydrogen) atoms. The summed E-state index contributed by atoms with van der Waals surface area (Å²) in [6.07, 6.45) is 3.21. The molecule has 0 saturated carbocycles. The van der Waals surface area contributed by atoms with Gasteiger partial charge in [-0.3, -0.25) is 4.79 Å². The zero-order valence-electron chi connectivity index (χ0n) is 8.59. The summed E-state index contributed by atoms with van der Waals surface area (Å²) in [5, 5.41) is 0. The van der Waals surface area contributed by atoms with E-state index in [0.717, 1.165) is 19.3 Å². The lowest BCUT2D eigenvalue weighted by molar-refractivity contribution is -0.152. The summed E-state index contributed by atoms with van der Waals surface area (Å²) in [5.41, 5.74) is 0. The molecule has 0 aromatic heterocycles. The van der Waals surface area contributed by atoms with Crippen molar-refractivity contribution in [2.75, 3.05) is 0 Å². The molecule has 0 heterocycles. The number of carbonyl (C=O) groups excluding carboxylic acids is 1. The van der Waals surface area contributed by atoms with Crippen LogP contribution in [0.15, 0.2) is 0 Å². The lowest BCUT2D eigenvalue weighted by atomic mass is 10.1. The highest BCUT2D eigenvalue weighted by molar-refractivity contribution is 5.72. The Morgan fingerprint density at radius 1 is 1.33 bits per heavy atom. The maximum atomic E-state index is 11.2. The van der Waals surface area contributed by atoms with Crippen LogP contribution in [0.2, 0.25) is 0 Å². The highest BCUT2D eigenvalue weighted by Crippen LogP contribution is 2.10. The minimum Gasteiger partial charge on any atom is -0.463 e. The Hall–Kier alpha value is -0.530. The number of esters is 1. The molecule has 0 N–H and O–H groups in total. The predicted octanol–water partition coefficient (Wildman–Crippen LogP) is 2.76. The molecule has 0 aromatic carbocycles. The van der Waals surface area contributed by atoms with Crippen LogP contribution < -0.4 is 0 Å². The fraction of sp³-hybridized carbons (Fsp3) is 0.900. The van der Waals surface area contributed by atoms with Gasteiger partial charge in [-0.25, -0.2) is 0 Å². The Kier molecular flexibility index (Phi) is 5.77. The molecule has 0 unspecified atom stereocenters. The third-order valence-corrected chi connectivity index (χ3v) is 1.74. The number of hydrogen-bond acceptors (Lipinski definition) is 2. The molecule has 0 saturated heterocycles. The molecule has 72 valence electrons. The topological polar surface area (TPSA) is 26.3 Å². The molecule has 0 bridgehead atoms. The average Bonchev–Trinajstić information content (AvgIpc) is 1.98. The fourth-order valence-corrected chi connectivity index (χ4v) is 0.977. The standard InChI is InChI=1S/C10H20O2/c1-5-6-7-9(4)10(11)12-8(2)3/h8-9H,5-7H2,1-4H3/t9-/m0/s1. The number of carbonyl (C=O) groups is 1. The highest BCUT2D eigenvalue weighted by Gasteiger charge is 2.14.